The molecule has 4 heteroatoms. The number of aromatic nitrogens is 2. The second kappa shape index (κ2) is 4.70. The van der Waals surface area contributed by atoms with E-state index in [-0.39, 0.29) is 0 Å². The molecule has 3 heterocycles. The quantitative estimate of drug-likeness (QED) is 0.677. The number of benzene rings is 1. The van der Waals surface area contributed by atoms with Crippen LogP contribution in [-0.4, -0.2) is 15.7 Å². The lowest BCUT2D eigenvalue weighted by Crippen LogP contribution is -2.05. The number of fused-ring (bicyclic) bond motifs is 2. The molecule has 22 heavy (non-hydrogen) atoms. The zero-order valence-electron chi connectivity index (χ0n) is 11.7. The van der Waals surface area contributed by atoms with Crippen LogP contribution in [0.2, 0.25) is 0 Å². The van der Waals surface area contributed by atoms with Crippen molar-refractivity contribution in [3.05, 3.63) is 78.4 Å². The minimum absolute atomic E-state index is 0.605. The molecule has 3 aromatic rings. The van der Waals surface area contributed by atoms with Gasteiger partial charge in [-0.3, -0.25) is 4.79 Å². The lowest BCUT2D eigenvalue weighted by molar-refractivity contribution is 0.112. The molecular formula is C18H12N2O2. The number of nitrogens with zero attached hydrogens (tertiary/aromatic N) is 2. The van der Waals surface area contributed by atoms with Crippen molar-refractivity contribution >= 4 is 23.1 Å². The zero-order valence-corrected chi connectivity index (χ0v) is 11.7. The molecule has 1 aliphatic rings. The van der Waals surface area contributed by atoms with Crippen LogP contribution in [0, 0.1) is 0 Å². The Labute approximate surface area is 127 Å². The first-order valence-corrected chi connectivity index (χ1v) is 6.86. The van der Waals surface area contributed by atoms with Gasteiger partial charge in [-0.05, 0) is 48.0 Å². The van der Waals surface area contributed by atoms with Crippen molar-refractivity contribution in [3.8, 4) is 5.75 Å². The molecular weight excluding hydrogens is 276 g/mol. The molecule has 4 rings (SSSR count). The van der Waals surface area contributed by atoms with E-state index in [9.17, 15) is 4.79 Å². The van der Waals surface area contributed by atoms with Crippen molar-refractivity contribution in [1.82, 2.24) is 9.38 Å². The highest BCUT2D eigenvalue weighted by Crippen LogP contribution is 2.36. The summed E-state index contributed by atoms with van der Waals surface area (Å²) in [5, 5.41) is 0. The molecule has 0 amide bonds. The van der Waals surface area contributed by atoms with Crippen LogP contribution in [0.1, 0.15) is 21.6 Å². The van der Waals surface area contributed by atoms with Gasteiger partial charge < -0.3 is 9.14 Å². The van der Waals surface area contributed by atoms with Crippen LogP contribution in [0.5, 0.6) is 5.75 Å². The Balaban J connectivity index is 1.78. The van der Waals surface area contributed by atoms with Gasteiger partial charge in [-0.1, -0.05) is 6.58 Å². The summed E-state index contributed by atoms with van der Waals surface area (Å²) in [5.74, 6) is 1.34. The van der Waals surface area contributed by atoms with E-state index in [1.165, 1.54) is 0 Å². The highest BCUT2D eigenvalue weighted by molar-refractivity contribution is 5.89. The van der Waals surface area contributed by atoms with Gasteiger partial charge in [-0.25, -0.2) is 4.98 Å². The normalized spacial score (nSPS) is 13.5. The summed E-state index contributed by atoms with van der Waals surface area (Å²) in [7, 11) is 0. The Kier molecular flexibility index (Phi) is 2.69. The van der Waals surface area contributed by atoms with E-state index in [1.54, 1.807) is 24.5 Å². The van der Waals surface area contributed by atoms with E-state index in [4.69, 9.17) is 4.74 Å². The molecule has 0 radical (unpaired) electrons. The van der Waals surface area contributed by atoms with Gasteiger partial charge in [0.1, 0.15) is 17.7 Å². The Morgan fingerprint density at radius 3 is 3.00 bits per heavy atom. The molecule has 0 fully saturated rings. The van der Waals surface area contributed by atoms with Crippen molar-refractivity contribution in [2.45, 2.75) is 0 Å². The van der Waals surface area contributed by atoms with Crippen molar-refractivity contribution in [2.75, 3.05) is 0 Å². The van der Waals surface area contributed by atoms with E-state index >= 15 is 0 Å². The van der Waals surface area contributed by atoms with E-state index in [0.29, 0.717) is 17.1 Å². The Morgan fingerprint density at radius 2 is 2.14 bits per heavy atom. The number of hydrogen-bond donors (Lipinski definition) is 0. The molecule has 0 aliphatic carbocycles. The smallest absolute Gasteiger partial charge is 0.153 e. The van der Waals surface area contributed by atoms with Gasteiger partial charge in [-0.2, -0.15) is 0 Å². The van der Waals surface area contributed by atoms with Crippen LogP contribution >= 0.6 is 0 Å². The van der Waals surface area contributed by atoms with E-state index in [0.717, 1.165) is 28.6 Å². The van der Waals surface area contributed by atoms with Crippen molar-refractivity contribution in [3.63, 3.8) is 0 Å². The summed E-state index contributed by atoms with van der Waals surface area (Å²) in [6.07, 6.45) is 6.35. The Morgan fingerprint density at radius 1 is 1.23 bits per heavy atom. The molecule has 1 aromatic carbocycles. The average Bonchev–Trinajstić information content (AvgIpc) is 3.02. The summed E-state index contributed by atoms with van der Waals surface area (Å²) >= 11 is 0. The topological polar surface area (TPSA) is 43.6 Å². The third kappa shape index (κ3) is 1.93. The predicted octanol–water partition coefficient (Wildman–Crippen LogP) is 3.59. The van der Waals surface area contributed by atoms with Gasteiger partial charge in [0.05, 0.1) is 6.33 Å². The lowest BCUT2D eigenvalue weighted by atomic mass is 10.0. The lowest BCUT2D eigenvalue weighted by Gasteiger charge is -2.19. The van der Waals surface area contributed by atoms with Crippen molar-refractivity contribution < 1.29 is 9.53 Å². The van der Waals surface area contributed by atoms with Gasteiger partial charge in [0.25, 0.3) is 0 Å². The third-order valence-electron chi connectivity index (χ3n) is 3.68. The largest absolute Gasteiger partial charge is 0.454 e. The molecule has 0 N–H and O–H groups in total. The molecule has 1 aliphatic heterocycles. The number of carbonyl (C=O) groups excluding carboxylic acids is 1. The number of rotatable bonds is 2. The van der Waals surface area contributed by atoms with Crippen LogP contribution in [-0.2, 0) is 0 Å². The fourth-order valence-corrected chi connectivity index (χ4v) is 2.54. The first-order valence-electron chi connectivity index (χ1n) is 6.86. The molecule has 0 bridgehead atoms. The fourth-order valence-electron chi connectivity index (χ4n) is 2.54. The van der Waals surface area contributed by atoms with Crippen LogP contribution in [0.4, 0.5) is 0 Å². The maximum absolute atomic E-state index is 10.9. The van der Waals surface area contributed by atoms with Gasteiger partial charge in [0, 0.05) is 22.8 Å². The summed E-state index contributed by atoms with van der Waals surface area (Å²) in [4.78, 5) is 15.3. The molecule has 2 aromatic heterocycles. The summed E-state index contributed by atoms with van der Waals surface area (Å²) in [6.45, 7) is 4.05. The van der Waals surface area contributed by atoms with Gasteiger partial charge in [-0.15, -0.1) is 0 Å². The third-order valence-corrected chi connectivity index (χ3v) is 3.68. The minimum atomic E-state index is 0.605. The highest BCUT2D eigenvalue weighted by atomic mass is 16.5. The van der Waals surface area contributed by atoms with E-state index < -0.39 is 0 Å². The zero-order chi connectivity index (χ0) is 15.1. The van der Waals surface area contributed by atoms with Crippen molar-refractivity contribution in [1.29, 1.82) is 0 Å². The summed E-state index contributed by atoms with van der Waals surface area (Å²) < 4.78 is 7.86. The summed E-state index contributed by atoms with van der Waals surface area (Å²) in [5.41, 5.74) is 4.03. The number of allylic oxidation sites excluding steroid dienone is 2. The monoisotopic (exact) mass is 288 g/mol. The standard InChI is InChI=1S/C18H12N2O2/c1-12-7-18(16-9-14-3-2-6-20(14)11-19-16)22-17-5-4-13(10-21)8-15(12)17/h2-11H,1H2. The van der Waals surface area contributed by atoms with Gasteiger partial charge in [0.15, 0.2) is 5.76 Å². The molecule has 0 unspecified atom stereocenters. The first kappa shape index (κ1) is 12.6. The molecule has 0 spiro atoms. The first-order chi connectivity index (χ1) is 10.7. The average molecular weight is 288 g/mol. The molecule has 106 valence electrons. The van der Waals surface area contributed by atoms with E-state index in [1.807, 2.05) is 34.9 Å². The van der Waals surface area contributed by atoms with Crippen molar-refractivity contribution in [2.24, 2.45) is 0 Å². The Hall–Kier alpha value is -3.14. The van der Waals surface area contributed by atoms with Crippen LogP contribution in [0.15, 0.2) is 61.6 Å². The molecule has 4 nitrogen and oxygen atoms in total. The SMILES string of the molecule is C=C1C=C(c2cc3cccn3cn2)Oc2ccc(C=O)cc21. The highest BCUT2D eigenvalue weighted by Gasteiger charge is 2.18. The number of aldehydes is 1. The molecule has 0 saturated heterocycles. The van der Waals surface area contributed by atoms with Gasteiger partial charge >= 0.3 is 0 Å². The number of ether oxygens (including phenoxy) is 1. The second-order valence-electron chi connectivity index (χ2n) is 5.12. The van der Waals surface area contributed by atoms with Crippen LogP contribution in [0.3, 0.4) is 0 Å². The number of carbonyl (C=O) groups is 1. The molecule has 0 saturated carbocycles. The summed E-state index contributed by atoms with van der Waals surface area (Å²) in [6, 6.07) is 11.2. The van der Waals surface area contributed by atoms with Crippen LogP contribution in [0.25, 0.3) is 16.8 Å². The van der Waals surface area contributed by atoms with E-state index in [2.05, 4.69) is 11.6 Å². The Bertz CT molecular complexity index is 951. The second-order valence-corrected chi connectivity index (χ2v) is 5.12. The maximum Gasteiger partial charge on any atom is 0.153 e. The van der Waals surface area contributed by atoms with Crippen LogP contribution < -0.4 is 4.74 Å². The fraction of sp³-hybridized carbons (Fsp3) is 0. The number of hydrogen-bond acceptors (Lipinski definition) is 3. The molecule has 0 atom stereocenters. The van der Waals surface area contributed by atoms with Gasteiger partial charge in [0.2, 0.25) is 0 Å². The predicted molar refractivity (Wildman–Crippen MR) is 84.7 cm³/mol. The maximum atomic E-state index is 10.9. The minimum Gasteiger partial charge on any atom is -0.454 e.